The van der Waals surface area contributed by atoms with Crippen LogP contribution in [0.15, 0.2) is 24.5 Å². The molecule has 1 aromatic carbocycles. The summed E-state index contributed by atoms with van der Waals surface area (Å²) < 4.78 is 0. The second-order valence-corrected chi connectivity index (χ2v) is 3.91. The topological polar surface area (TPSA) is 24.1 Å². The standard InChI is InChI=1S/C12H16N2/c1-8-6-9(2)11(10(3)7-8)12-13-4-5-14-12/h4-7,12-14H,1-3H3. The van der Waals surface area contributed by atoms with Crippen LogP contribution < -0.4 is 10.6 Å². The molecule has 0 saturated heterocycles. The van der Waals surface area contributed by atoms with E-state index >= 15 is 0 Å². The average Bonchev–Trinajstić information content (AvgIpc) is 2.54. The van der Waals surface area contributed by atoms with E-state index in [2.05, 4.69) is 43.5 Å². The first-order valence-corrected chi connectivity index (χ1v) is 4.93. The van der Waals surface area contributed by atoms with E-state index in [-0.39, 0.29) is 6.17 Å². The normalized spacial score (nSPS) is 15.4. The SMILES string of the molecule is Cc1cc(C)c(C2NC=CN2)c(C)c1. The number of rotatable bonds is 1. The van der Waals surface area contributed by atoms with Crippen molar-refractivity contribution in [2.45, 2.75) is 26.9 Å². The van der Waals surface area contributed by atoms with Crippen molar-refractivity contribution in [1.29, 1.82) is 0 Å². The third kappa shape index (κ3) is 1.48. The number of nitrogens with one attached hydrogen (secondary N) is 2. The van der Waals surface area contributed by atoms with E-state index in [4.69, 9.17) is 0 Å². The molecule has 0 amide bonds. The van der Waals surface area contributed by atoms with Crippen LogP contribution in [0.5, 0.6) is 0 Å². The summed E-state index contributed by atoms with van der Waals surface area (Å²) in [6.07, 6.45) is 4.14. The molecule has 0 bridgehead atoms. The molecule has 0 fully saturated rings. The molecule has 0 atom stereocenters. The number of hydrogen-bond donors (Lipinski definition) is 2. The Hall–Kier alpha value is -1.44. The van der Waals surface area contributed by atoms with Crippen LogP contribution in [0, 0.1) is 20.8 Å². The van der Waals surface area contributed by atoms with Gasteiger partial charge in [-0.05, 0) is 31.9 Å². The Morgan fingerprint density at radius 2 is 1.43 bits per heavy atom. The monoisotopic (exact) mass is 188 g/mol. The highest BCUT2D eigenvalue weighted by molar-refractivity contribution is 5.40. The summed E-state index contributed by atoms with van der Waals surface area (Å²) in [6.45, 7) is 6.46. The minimum atomic E-state index is 0.246. The first-order chi connectivity index (χ1) is 6.68. The Morgan fingerprint density at radius 3 is 1.93 bits per heavy atom. The smallest absolute Gasteiger partial charge is 0.123 e. The molecule has 2 rings (SSSR count). The van der Waals surface area contributed by atoms with Gasteiger partial charge in [0.25, 0.3) is 0 Å². The zero-order valence-electron chi connectivity index (χ0n) is 8.89. The third-order valence-corrected chi connectivity index (χ3v) is 2.64. The minimum Gasteiger partial charge on any atom is -0.366 e. The Balaban J connectivity index is 2.41. The minimum absolute atomic E-state index is 0.246. The number of aryl methyl sites for hydroxylation is 3. The van der Waals surface area contributed by atoms with Crippen LogP contribution in [0.3, 0.4) is 0 Å². The second kappa shape index (κ2) is 3.37. The van der Waals surface area contributed by atoms with Crippen molar-refractivity contribution in [3.8, 4) is 0 Å². The quantitative estimate of drug-likeness (QED) is 0.706. The van der Waals surface area contributed by atoms with Crippen molar-refractivity contribution >= 4 is 0 Å². The molecule has 0 saturated carbocycles. The first-order valence-electron chi connectivity index (χ1n) is 4.93. The van der Waals surface area contributed by atoms with Gasteiger partial charge in [0.2, 0.25) is 0 Å². The lowest BCUT2D eigenvalue weighted by molar-refractivity contribution is 0.600. The Kier molecular flexibility index (Phi) is 2.20. The first kappa shape index (κ1) is 9.13. The fourth-order valence-electron chi connectivity index (χ4n) is 2.15. The van der Waals surface area contributed by atoms with E-state index in [0.717, 1.165) is 0 Å². The summed E-state index contributed by atoms with van der Waals surface area (Å²) in [7, 11) is 0. The van der Waals surface area contributed by atoms with E-state index in [1.807, 2.05) is 12.4 Å². The molecule has 2 heteroatoms. The largest absolute Gasteiger partial charge is 0.366 e. The predicted molar refractivity (Wildman–Crippen MR) is 58.8 cm³/mol. The zero-order chi connectivity index (χ0) is 10.1. The molecule has 0 aromatic heterocycles. The average molecular weight is 188 g/mol. The van der Waals surface area contributed by atoms with Gasteiger partial charge in [-0.1, -0.05) is 17.7 Å². The molecule has 14 heavy (non-hydrogen) atoms. The van der Waals surface area contributed by atoms with Crippen LogP contribution in [-0.4, -0.2) is 0 Å². The summed E-state index contributed by atoms with van der Waals surface area (Å²) in [5.41, 5.74) is 5.38. The van der Waals surface area contributed by atoms with Crippen molar-refractivity contribution in [1.82, 2.24) is 10.6 Å². The van der Waals surface area contributed by atoms with Crippen LogP contribution in [0.2, 0.25) is 0 Å². The van der Waals surface area contributed by atoms with Crippen molar-refractivity contribution in [2.24, 2.45) is 0 Å². The van der Waals surface area contributed by atoms with Crippen molar-refractivity contribution in [2.75, 3.05) is 0 Å². The van der Waals surface area contributed by atoms with E-state index < -0.39 is 0 Å². The summed E-state index contributed by atoms with van der Waals surface area (Å²) in [5, 5.41) is 6.56. The van der Waals surface area contributed by atoms with E-state index in [1.165, 1.54) is 22.3 Å². The van der Waals surface area contributed by atoms with Crippen LogP contribution in [-0.2, 0) is 0 Å². The number of benzene rings is 1. The fourth-order valence-corrected chi connectivity index (χ4v) is 2.15. The van der Waals surface area contributed by atoms with Gasteiger partial charge in [-0.3, -0.25) is 0 Å². The molecular formula is C12H16N2. The maximum atomic E-state index is 3.28. The van der Waals surface area contributed by atoms with E-state index in [0.29, 0.717) is 0 Å². The summed E-state index contributed by atoms with van der Waals surface area (Å²) in [5.74, 6) is 0. The lowest BCUT2D eigenvalue weighted by atomic mass is 9.98. The molecule has 2 N–H and O–H groups in total. The summed E-state index contributed by atoms with van der Waals surface area (Å²) >= 11 is 0. The highest BCUT2D eigenvalue weighted by Crippen LogP contribution is 2.23. The van der Waals surface area contributed by atoms with E-state index in [9.17, 15) is 0 Å². The molecule has 1 heterocycles. The molecule has 74 valence electrons. The van der Waals surface area contributed by atoms with Gasteiger partial charge in [0, 0.05) is 18.0 Å². The lowest BCUT2D eigenvalue weighted by Gasteiger charge is -2.18. The van der Waals surface area contributed by atoms with Gasteiger partial charge < -0.3 is 10.6 Å². The molecular weight excluding hydrogens is 172 g/mol. The van der Waals surface area contributed by atoms with E-state index in [1.54, 1.807) is 0 Å². The Labute approximate surface area is 85.0 Å². The Morgan fingerprint density at radius 1 is 0.929 bits per heavy atom. The molecule has 0 radical (unpaired) electrons. The molecule has 0 unspecified atom stereocenters. The lowest BCUT2D eigenvalue weighted by Crippen LogP contribution is -2.23. The third-order valence-electron chi connectivity index (χ3n) is 2.64. The van der Waals surface area contributed by atoms with Gasteiger partial charge in [-0.15, -0.1) is 0 Å². The molecule has 0 spiro atoms. The second-order valence-electron chi connectivity index (χ2n) is 3.91. The molecule has 1 aliphatic rings. The van der Waals surface area contributed by atoms with Gasteiger partial charge in [0.1, 0.15) is 6.17 Å². The Bertz CT molecular complexity index is 349. The van der Waals surface area contributed by atoms with Gasteiger partial charge >= 0.3 is 0 Å². The molecule has 1 aliphatic heterocycles. The van der Waals surface area contributed by atoms with Crippen molar-refractivity contribution in [3.05, 3.63) is 46.8 Å². The molecule has 0 aliphatic carbocycles. The highest BCUT2D eigenvalue weighted by atomic mass is 15.1. The van der Waals surface area contributed by atoms with Crippen molar-refractivity contribution < 1.29 is 0 Å². The van der Waals surface area contributed by atoms with Gasteiger partial charge in [-0.25, -0.2) is 0 Å². The van der Waals surface area contributed by atoms with Crippen molar-refractivity contribution in [3.63, 3.8) is 0 Å². The predicted octanol–water partition coefficient (Wildman–Crippen LogP) is 2.27. The van der Waals surface area contributed by atoms with Crippen LogP contribution in [0.4, 0.5) is 0 Å². The zero-order valence-corrected chi connectivity index (χ0v) is 8.89. The van der Waals surface area contributed by atoms with Crippen LogP contribution in [0.1, 0.15) is 28.4 Å². The van der Waals surface area contributed by atoms with Crippen LogP contribution in [0.25, 0.3) is 0 Å². The maximum Gasteiger partial charge on any atom is 0.123 e. The van der Waals surface area contributed by atoms with Crippen LogP contribution >= 0.6 is 0 Å². The van der Waals surface area contributed by atoms with Gasteiger partial charge in [0.05, 0.1) is 0 Å². The highest BCUT2D eigenvalue weighted by Gasteiger charge is 2.15. The summed E-state index contributed by atoms with van der Waals surface area (Å²) in [6, 6.07) is 4.45. The molecule has 2 nitrogen and oxygen atoms in total. The van der Waals surface area contributed by atoms with Gasteiger partial charge in [0.15, 0.2) is 0 Å². The number of hydrogen-bond acceptors (Lipinski definition) is 2. The van der Waals surface area contributed by atoms with Gasteiger partial charge in [-0.2, -0.15) is 0 Å². The fraction of sp³-hybridized carbons (Fsp3) is 0.333. The molecule has 1 aromatic rings. The maximum absolute atomic E-state index is 3.28. The summed E-state index contributed by atoms with van der Waals surface area (Å²) in [4.78, 5) is 0.